The van der Waals surface area contributed by atoms with Crippen LogP contribution in [0.2, 0.25) is 0 Å². The van der Waals surface area contributed by atoms with Gasteiger partial charge in [0.25, 0.3) is 0 Å². The first-order valence-corrected chi connectivity index (χ1v) is 11.4. The summed E-state index contributed by atoms with van der Waals surface area (Å²) in [5, 5.41) is 9.69. The molecule has 1 N–H and O–H groups in total. The minimum absolute atomic E-state index is 0.0253. The van der Waals surface area contributed by atoms with Crippen molar-refractivity contribution in [1.82, 2.24) is 9.80 Å². The number of aliphatic hydroxyl groups is 1. The van der Waals surface area contributed by atoms with Crippen LogP contribution >= 0.6 is 0 Å². The van der Waals surface area contributed by atoms with E-state index >= 15 is 0 Å². The first kappa shape index (κ1) is 21.2. The zero-order valence-corrected chi connectivity index (χ0v) is 18.2. The molecule has 0 spiro atoms. The Morgan fingerprint density at radius 2 is 1.80 bits per heavy atom. The molecule has 2 saturated heterocycles. The summed E-state index contributed by atoms with van der Waals surface area (Å²) in [5.74, 6) is 0.802. The largest absolute Gasteiger partial charge is 0.494 e. The van der Waals surface area contributed by atoms with E-state index in [4.69, 9.17) is 4.74 Å². The van der Waals surface area contributed by atoms with Crippen molar-refractivity contribution in [3.8, 4) is 5.75 Å². The molecule has 2 heterocycles. The molecule has 2 aliphatic heterocycles. The number of piperazine rings is 1. The summed E-state index contributed by atoms with van der Waals surface area (Å²) in [4.78, 5) is 7.78. The standard InChI is InChI=1S/C25H35N3O2/c1-2-30-25-11-10-21(17-22(25)20-29)18-26-12-6-9-24(19-26)28-15-13-27(14-16-28)23-7-4-3-5-8-23/h3-5,7-8,10-11,17,24,29H,2,6,9,12-16,18-20H2,1H3/t24-/m0/s1. The van der Waals surface area contributed by atoms with Crippen molar-refractivity contribution in [2.24, 2.45) is 0 Å². The molecular weight excluding hydrogens is 374 g/mol. The number of rotatable bonds is 7. The lowest BCUT2D eigenvalue weighted by atomic mass is 10.0. The summed E-state index contributed by atoms with van der Waals surface area (Å²) in [5.41, 5.74) is 3.50. The second-order valence-electron chi connectivity index (χ2n) is 8.42. The number of aliphatic hydroxyl groups excluding tert-OH is 1. The van der Waals surface area contributed by atoms with Crippen LogP contribution in [-0.4, -0.2) is 66.8 Å². The van der Waals surface area contributed by atoms with Gasteiger partial charge in [0.1, 0.15) is 5.75 Å². The summed E-state index contributed by atoms with van der Waals surface area (Å²) >= 11 is 0. The van der Waals surface area contributed by atoms with Crippen LogP contribution in [0.4, 0.5) is 5.69 Å². The molecule has 2 aromatic rings. The maximum atomic E-state index is 9.69. The normalized spacial score (nSPS) is 21.0. The fourth-order valence-corrected chi connectivity index (χ4v) is 4.87. The van der Waals surface area contributed by atoms with E-state index in [1.807, 2.05) is 13.0 Å². The van der Waals surface area contributed by atoms with Crippen molar-refractivity contribution in [2.45, 2.75) is 39.0 Å². The minimum Gasteiger partial charge on any atom is -0.494 e. The number of likely N-dealkylation sites (tertiary alicyclic amines) is 1. The van der Waals surface area contributed by atoms with Gasteiger partial charge in [0, 0.05) is 56.6 Å². The zero-order chi connectivity index (χ0) is 20.8. The third-order valence-corrected chi connectivity index (χ3v) is 6.43. The van der Waals surface area contributed by atoms with Gasteiger partial charge in [0.2, 0.25) is 0 Å². The van der Waals surface area contributed by atoms with E-state index < -0.39 is 0 Å². The molecule has 0 unspecified atom stereocenters. The van der Waals surface area contributed by atoms with Crippen LogP contribution in [0.3, 0.4) is 0 Å². The number of hydrogen-bond acceptors (Lipinski definition) is 5. The molecule has 2 fully saturated rings. The lowest BCUT2D eigenvalue weighted by Gasteiger charge is -2.44. The molecule has 162 valence electrons. The van der Waals surface area contributed by atoms with Crippen LogP contribution in [0, 0.1) is 0 Å². The number of hydrogen-bond donors (Lipinski definition) is 1. The molecule has 0 amide bonds. The fourth-order valence-electron chi connectivity index (χ4n) is 4.87. The molecular formula is C25H35N3O2. The molecule has 0 saturated carbocycles. The summed E-state index contributed by atoms with van der Waals surface area (Å²) in [6.07, 6.45) is 2.56. The highest BCUT2D eigenvalue weighted by molar-refractivity contribution is 5.46. The Labute approximate surface area is 180 Å². The van der Waals surface area contributed by atoms with Crippen molar-refractivity contribution < 1.29 is 9.84 Å². The molecule has 0 aliphatic carbocycles. The lowest BCUT2D eigenvalue weighted by molar-refractivity contribution is 0.0887. The smallest absolute Gasteiger partial charge is 0.124 e. The number of anilines is 1. The highest BCUT2D eigenvalue weighted by atomic mass is 16.5. The van der Waals surface area contributed by atoms with Crippen molar-refractivity contribution in [2.75, 3.05) is 50.8 Å². The summed E-state index contributed by atoms with van der Waals surface area (Å²) in [6, 6.07) is 17.7. The fraction of sp³-hybridized carbons (Fsp3) is 0.520. The zero-order valence-electron chi connectivity index (χ0n) is 18.2. The quantitative estimate of drug-likeness (QED) is 0.759. The molecule has 0 bridgehead atoms. The van der Waals surface area contributed by atoms with E-state index in [0.717, 1.165) is 57.1 Å². The van der Waals surface area contributed by atoms with Gasteiger partial charge >= 0.3 is 0 Å². The predicted molar refractivity (Wildman–Crippen MR) is 122 cm³/mol. The molecule has 5 heteroatoms. The van der Waals surface area contributed by atoms with Gasteiger partial charge in [0.15, 0.2) is 0 Å². The Morgan fingerprint density at radius 3 is 2.53 bits per heavy atom. The molecule has 30 heavy (non-hydrogen) atoms. The molecule has 0 radical (unpaired) electrons. The second-order valence-corrected chi connectivity index (χ2v) is 8.42. The lowest BCUT2D eigenvalue weighted by Crippen LogP contribution is -2.55. The van der Waals surface area contributed by atoms with Crippen LogP contribution in [0.15, 0.2) is 48.5 Å². The first-order valence-electron chi connectivity index (χ1n) is 11.4. The summed E-state index contributed by atoms with van der Waals surface area (Å²) in [7, 11) is 0. The average molecular weight is 410 g/mol. The van der Waals surface area contributed by atoms with Gasteiger partial charge < -0.3 is 14.7 Å². The highest BCUT2D eigenvalue weighted by Gasteiger charge is 2.28. The maximum absolute atomic E-state index is 9.69. The van der Waals surface area contributed by atoms with Gasteiger partial charge in [-0.1, -0.05) is 24.3 Å². The number of nitrogens with zero attached hydrogens (tertiary/aromatic N) is 3. The number of ether oxygens (including phenoxy) is 1. The van der Waals surface area contributed by atoms with Gasteiger partial charge in [-0.05, 0) is 56.1 Å². The molecule has 1 atom stereocenters. The maximum Gasteiger partial charge on any atom is 0.124 e. The van der Waals surface area contributed by atoms with Gasteiger partial charge in [-0.2, -0.15) is 0 Å². The predicted octanol–water partition coefficient (Wildman–Crippen LogP) is 3.36. The van der Waals surface area contributed by atoms with Crippen LogP contribution < -0.4 is 9.64 Å². The van der Waals surface area contributed by atoms with E-state index in [2.05, 4.69) is 57.2 Å². The average Bonchev–Trinajstić information content (AvgIpc) is 2.81. The van der Waals surface area contributed by atoms with E-state index in [1.54, 1.807) is 0 Å². The molecule has 2 aromatic carbocycles. The van der Waals surface area contributed by atoms with E-state index in [9.17, 15) is 5.11 Å². The van der Waals surface area contributed by atoms with Crippen molar-refractivity contribution in [3.63, 3.8) is 0 Å². The SMILES string of the molecule is CCOc1ccc(CN2CCC[C@H](N3CCN(c4ccccc4)CC3)C2)cc1CO. The Hall–Kier alpha value is -2.08. The highest BCUT2D eigenvalue weighted by Crippen LogP contribution is 2.24. The van der Waals surface area contributed by atoms with E-state index in [-0.39, 0.29) is 6.61 Å². The molecule has 0 aromatic heterocycles. The third kappa shape index (κ3) is 5.15. The Kier molecular flexibility index (Phi) is 7.26. The van der Waals surface area contributed by atoms with Gasteiger partial charge in [-0.3, -0.25) is 9.80 Å². The van der Waals surface area contributed by atoms with E-state index in [0.29, 0.717) is 12.6 Å². The third-order valence-electron chi connectivity index (χ3n) is 6.43. The molecule has 2 aliphatic rings. The van der Waals surface area contributed by atoms with Crippen molar-refractivity contribution in [3.05, 3.63) is 59.7 Å². The van der Waals surface area contributed by atoms with Gasteiger partial charge in [-0.25, -0.2) is 0 Å². The first-order chi connectivity index (χ1) is 14.8. The number of piperidine rings is 1. The monoisotopic (exact) mass is 409 g/mol. The number of para-hydroxylation sites is 1. The van der Waals surface area contributed by atoms with Crippen LogP contribution in [0.5, 0.6) is 5.75 Å². The minimum atomic E-state index is 0.0253. The second kappa shape index (κ2) is 10.3. The van der Waals surface area contributed by atoms with Crippen LogP contribution in [0.1, 0.15) is 30.9 Å². The van der Waals surface area contributed by atoms with Crippen LogP contribution in [-0.2, 0) is 13.2 Å². The topological polar surface area (TPSA) is 39.2 Å². The molecule has 4 rings (SSSR count). The molecule has 5 nitrogen and oxygen atoms in total. The Balaban J connectivity index is 1.32. The summed E-state index contributed by atoms with van der Waals surface area (Å²) in [6.45, 7) is 10.4. The van der Waals surface area contributed by atoms with E-state index in [1.165, 1.54) is 24.1 Å². The van der Waals surface area contributed by atoms with Crippen molar-refractivity contribution >= 4 is 5.69 Å². The van der Waals surface area contributed by atoms with Gasteiger partial charge in [0.05, 0.1) is 13.2 Å². The van der Waals surface area contributed by atoms with Gasteiger partial charge in [-0.15, -0.1) is 0 Å². The number of benzene rings is 2. The summed E-state index contributed by atoms with van der Waals surface area (Å²) < 4.78 is 5.63. The van der Waals surface area contributed by atoms with Crippen molar-refractivity contribution in [1.29, 1.82) is 0 Å². The van der Waals surface area contributed by atoms with Crippen LogP contribution in [0.25, 0.3) is 0 Å². The Morgan fingerprint density at radius 1 is 1.00 bits per heavy atom. The Bertz CT molecular complexity index is 790.